The number of rotatable bonds is 4. The van der Waals surface area contributed by atoms with E-state index in [9.17, 15) is 4.79 Å². The lowest BCUT2D eigenvalue weighted by Gasteiger charge is -2.37. The van der Waals surface area contributed by atoms with Gasteiger partial charge in [-0.05, 0) is 60.5 Å². The van der Waals surface area contributed by atoms with Gasteiger partial charge in [0.15, 0.2) is 5.78 Å². The topological polar surface area (TPSA) is 20.3 Å². The van der Waals surface area contributed by atoms with Crippen LogP contribution in [0.4, 0.5) is 0 Å². The second-order valence-corrected chi connectivity index (χ2v) is 9.64. The molecule has 2 unspecified atom stereocenters. The Bertz CT molecular complexity index is 867. The fourth-order valence-corrected chi connectivity index (χ4v) is 4.96. The van der Waals surface area contributed by atoms with Crippen molar-refractivity contribution in [2.45, 2.75) is 51.6 Å². The monoisotopic (exact) mass is 399 g/mol. The minimum Gasteiger partial charge on any atom is -0.295 e. The van der Waals surface area contributed by atoms with Crippen molar-refractivity contribution in [2.75, 3.05) is 0 Å². The molecule has 0 N–H and O–H groups in total. The van der Waals surface area contributed by atoms with Crippen LogP contribution in [0.25, 0.3) is 0 Å². The minimum atomic E-state index is -0.0893. The molecule has 0 aliphatic carbocycles. The number of benzene rings is 2. The zero-order chi connectivity index (χ0) is 19.8. The normalized spacial score (nSPS) is 20.6. The molecule has 0 radical (unpaired) electrons. The van der Waals surface area contributed by atoms with Crippen molar-refractivity contribution in [3.05, 3.63) is 76.3 Å². The third kappa shape index (κ3) is 4.31. The van der Waals surface area contributed by atoms with Crippen molar-refractivity contribution in [1.82, 2.24) is 4.31 Å². The Labute approximate surface area is 171 Å². The number of hydrogen-bond acceptors (Lipinski definition) is 3. The summed E-state index contributed by atoms with van der Waals surface area (Å²) < 4.78 is 2.38. The van der Waals surface area contributed by atoms with Crippen molar-refractivity contribution < 1.29 is 4.79 Å². The molecule has 0 aromatic heterocycles. The highest BCUT2D eigenvalue weighted by Gasteiger charge is 2.43. The van der Waals surface area contributed by atoms with Crippen LogP contribution in [0.15, 0.2) is 65.1 Å². The minimum absolute atomic E-state index is 0.00242. The van der Waals surface area contributed by atoms with Gasteiger partial charge < -0.3 is 0 Å². The van der Waals surface area contributed by atoms with Gasteiger partial charge in [0.25, 0.3) is 0 Å². The molecule has 4 heteroatoms. The number of aryl methyl sites for hydroxylation is 1. The first-order chi connectivity index (χ1) is 12.7. The summed E-state index contributed by atoms with van der Waals surface area (Å²) in [6, 6.07) is 16.3. The van der Waals surface area contributed by atoms with Gasteiger partial charge >= 0.3 is 0 Å². The predicted molar refractivity (Wildman–Crippen MR) is 115 cm³/mol. The molecular weight excluding hydrogens is 374 g/mol. The highest BCUT2D eigenvalue weighted by atomic mass is 35.5. The van der Waals surface area contributed by atoms with Gasteiger partial charge in [0.1, 0.15) is 0 Å². The summed E-state index contributed by atoms with van der Waals surface area (Å²) in [7, 11) is 0. The molecule has 2 aromatic rings. The quantitative estimate of drug-likeness (QED) is 0.537. The first kappa shape index (κ1) is 20.2. The van der Waals surface area contributed by atoms with Crippen LogP contribution in [0.1, 0.15) is 44.9 Å². The SMILES string of the molecule is CC(=O)C1=CC(C(C)(C)C)N(Sc2ccccc2C)C1c1ccc(Cl)cc1. The van der Waals surface area contributed by atoms with Crippen LogP contribution in [0.2, 0.25) is 5.02 Å². The molecule has 3 rings (SSSR count). The molecule has 27 heavy (non-hydrogen) atoms. The molecule has 0 saturated carbocycles. The fraction of sp³-hybridized carbons (Fsp3) is 0.348. The zero-order valence-electron chi connectivity index (χ0n) is 16.5. The van der Waals surface area contributed by atoms with Gasteiger partial charge in [-0.15, -0.1) is 0 Å². The molecule has 1 heterocycles. The van der Waals surface area contributed by atoms with Gasteiger partial charge in [-0.3, -0.25) is 4.79 Å². The average molecular weight is 400 g/mol. The highest BCUT2D eigenvalue weighted by Crippen LogP contribution is 2.49. The van der Waals surface area contributed by atoms with Gasteiger partial charge in [-0.2, -0.15) is 0 Å². The van der Waals surface area contributed by atoms with Crippen molar-refractivity contribution >= 4 is 29.3 Å². The van der Waals surface area contributed by atoms with Crippen LogP contribution in [-0.4, -0.2) is 16.1 Å². The van der Waals surface area contributed by atoms with E-state index in [0.717, 1.165) is 11.1 Å². The molecule has 0 fully saturated rings. The van der Waals surface area contributed by atoms with Gasteiger partial charge in [0.05, 0.1) is 6.04 Å². The number of carbonyl (C=O) groups is 1. The summed E-state index contributed by atoms with van der Waals surface area (Å²) in [5, 5.41) is 0.704. The highest BCUT2D eigenvalue weighted by molar-refractivity contribution is 7.97. The van der Waals surface area contributed by atoms with Crippen LogP contribution < -0.4 is 0 Å². The van der Waals surface area contributed by atoms with Crippen molar-refractivity contribution in [2.24, 2.45) is 5.41 Å². The van der Waals surface area contributed by atoms with Crippen LogP contribution in [-0.2, 0) is 4.79 Å². The standard InChI is InChI=1S/C23H26ClNOS/c1-15-8-6-7-9-20(15)27-25-21(23(3,4)5)14-19(16(2)26)22(25)17-10-12-18(24)13-11-17/h6-14,21-22H,1-5H3. The van der Waals surface area contributed by atoms with Crippen LogP contribution in [0, 0.1) is 12.3 Å². The molecule has 0 bridgehead atoms. The number of halogens is 1. The van der Waals surface area contributed by atoms with Gasteiger partial charge in [-0.25, -0.2) is 4.31 Å². The van der Waals surface area contributed by atoms with E-state index >= 15 is 0 Å². The predicted octanol–water partition coefficient (Wildman–Crippen LogP) is 6.64. The largest absolute Gasteiger partial charge is 0.295 e. The molecule has 142 valence electrons. The second kappa shape index (κ2) is 7.83. The lowest BCUT2D eigenvalue weighted by Crippen LogP contribution is -2.37. The second-order valence-electron chi connectivity index (χ2n) is 8.16. The van der Waals surface area contributed by atoms with Crippen LogP contribution >= 0.6 is 23.5 Å². The molecule has 0 spiro atoms. The average Bonchev–Trinajstić information content (AvgIpc) is 2.97. The Balaban J connectivity index is 2.09. The molecule has 2 aromatic carbocycles. The van der Waals surface area contributed by atoms with E-state index in [1.165, 1.54) is 10.5 Å². The van der Waals surface area contributed by atoms with E-state index in [4.69, 9.17) is 11.6 Å². The third-order valence-corrected chi connectivity index (χ3v) is 6.49. The van der Waals surface area contributed by atoms with Crippen molar-refractivity contribution in [1.29, 1.82) is 0 Å². The lowest BCUT2D eigenvalue weighted by molar-refractivity contribution is -0.114. The third-order valence-electron chi connectivity index (χ3n) is 4.94. The van der Waals surface area contributed by atoms with E-state index < -0.39 is 0 Å². The van der Waals surface area contributed by atoms with Gasteiger partial charge in [0, 0.05) is 21.5 Å². The van der Waals surface area contributed by atoms with E-state index in [0.29, 0.717) is 5.02 Å². The molecule has 1 aliphatic heterocycles. The summed E-state index contributed by atoms with van der Waals surface area (Å²) in [4.78, 5) is 13.7. The Morgan fingerprint density at radius 1 is 1.07 bits per heavy atom. The zero-order valence-corrected chi connectivity index (χ0v) is 18.1. The van der Waals surface area contributed by atoms with Crippen molar-refractivity contribution in [3.8, 4) is 0 Å². The molecule has 0 amide bonds. The molecular formula is C23H26ClNOS. The molecule has 2 atom stereocenters. The Hall–Kier alpha value is -1.55. The van der Waals surface area contributed by atoms with E-state index in [1.807, 2.05) is 24.3 Å². The number of nitrogens with zero attached hydrogens (tertiary/aromatic N) is 1. The maximum Gasteiger partial charge on any atom is 0.157 e. The van der Waals surface area contributed by atoms with E-state index in [-0.39, 0.29) is 23.3 Å². The summed E-state index contributed by atoms with van der Waals surface area (Å²) in [5.41, 5.74) is 3.19. The maximum atomic E-state index is 12.5. The maximum absolute atomic E-state index is 12.5. The van der Waals surface area contributed by atoms with Crippen LogP contribution in [0.3, 0.4) is 0 Å². The van der Waals surface area contributed by atoms with Gasteiger partial charge in [0.2, 0.25) is 0 Å². The summed E-state index contributed by atoms with van der Waals surface area (Å²) in [5.74, 6) is 0.122. The Kier molecular flexibility index (Phi) is 5.85. The summed E-state index contributed by atoms with van der Waals surface area (Å²) >= 11 is 7.84. The molecule has 1 aliphatic rings. The number of carbonyl (C=O) groups excluding carboxylic acids is 1. The first-order valence-corrected chi connectivity index (χ1v) is 10.3. The Morgan fingerprint density at radius 3 is 2.26 bits per heavy atom. The summed E-state index contributed by atoms with van der Waals surface area (Å²) in [6.45, 7) is 10.5. The smallest absolute Gasteiger partial charge is 0.157 e. The lowest BCUT2D eigenvalue weighted by atomic mass is 9.87. The van der Waals surface area contributed by atoms with E-state index in [1.54, 1.807) is 18.9 Å². The van der Waals surface area contributed by atoms with Gasteiger partial charge in [-0.1, -0.05) is 68.8 Å². The van der Waals surface area contributed by atoms with Crippen molar-refractivity contribution in [3.63, 3.8) is 0 Å². The first-order valence-electron chi connectivity index (χ1n) is 9.18. The number of Topliss-reactive ketones (excluding diaryl/α,β-unsaturated/α-hetero) is 1. The Morgan fingerprint density at radius 2 is 1.70 bits per heavy atom. The molecule has 0 saturated heterocycles. The van der Waals surface area contributed by atoms with E-state index in [2.05, 4.69) is 62.3 Å². The summed E-state index contributed by atoms with van der Waals surface area (Å²) in [6.07, 6.45) is 2.16. The molecule has 2 nitrogen and oxygen atoms in total. The fourth-order valence-electron chi connectivity index (χ4n) is 3.43. The van der Waals surface area contributed by atoms with Crippen LogP contribution in [0.5, 0.6) is 0 Å². The number of hydrogen-bond donors (Lipinski definition) is 0. The number of ketones is 1.